The van der Waals surface area contributed by atoms with Crippen molar-refractivity contribution in [2.24, 2.45) is 11.8 Å². The molecule has 0 saturated carbocycles. The van der Waals surface area contributed by atoms with Gasteiger partial charge >= 0.3 is 0 Å². The summed E-state index contributed by atoms with van der Waals surface area (Å²) in [5, 5.41) is 0. The summed E-state index contributed by atoms with van der Waals surface area (Å²) in [6.07, 6.45) is 4.19. The Morgan fingerprint density at radius 1 is 1.64 bits per heavy atom. The molecule has 11 heavy (non-hydrogen) atoms. The molecule has 0 aliphatic heterocycles. The third kappa shape index (κ3) is 1.92. The van der Waals surface area contributed by atoms with Crippen molar-refractivity contribution in [1.29, 1.82) is 0 Å². The number of ketones is 1. The average Bonchev–Trinajstić information content (AvgIpc) is 2.34. The Balaban J connectivity index is 2.56. The van der Waals surface area contributed by atoms with E-state index in [-0.39, 0.29) is 5.92 Å². The van der Waals surface area contributed by atoms with Gasteiger partial charge in [-0.05, 0) is 24.3 Å². The standard InChI is InChI=1S/C10H16O/c1-7(2)10(11)9-5-4-8(3)6-9/h5,7-8H,4,6H2,1-3H3. The zero-order valence-electron chi connectivity index (χ0n) is 7.55. The predicted octanol–water partition coefficient (Wildman–Crippen LogP) is 2.57. The number of hydrogen-bond donors (Lipinski definition) is 0. The van der Waals surface area contributed by atoms with Crippen LogP contribution in [-0.4, -0.2) is 5.78 Å². The highest BCUT2D eigenvalue weighted by atomic mass is 16.1. The predicted molar refractivity (Wildman–Crippen MR) is 46.3 cm³/mol. The Hall–Kier alpha value is -0.590. The largest absolute Gasteiger partial charge is 0.294 e. The van der Waals surface area contributed by atoms with Crippen molar-refractivity contribution in [3.63, 3.8) is 0 Å². The number of allylic oxidation sites excluding steroid dienone is 2. The molecule has 1 aliphatic rings. The minimum atomic E-state index is 0.173. The molecular weight excluding hydrogens is 136 g/mol. The van der Waals surface area contributed by atoms with Crippen LogP contribution in [0.15, 0.2) is 11.6 Å². The van der Waals surface area contributed by atoms with Crippen LogP contribution >= 0.6 is 0 Å². The maximum absolute atomic E-state index is 11.4. The summed E-state index contributed by atoms with van der Waals surface area (Å²) in [6.45, 7) is 6.12. The maximum atomic E-state index is 11.4. The molecule has 1 atom stereocenters. The van der Waals surface area contributed by atoms with Gasteiger partial charge in [-0.25, -0.2) is 0 Å². The monoisotopic (exact) mass is 152 g/mol. The smallest absolute Gasteiger partial charge is 0.161 e. The summed E-state index contributed by atoms with van der Waals surface area (Å²) >= 11 is 0. The first-order chi connectivity index (χ1) is 5.11. The molecule has 0 aromatic carbocycles. The number of rotatable bonds is 2. The Bertz CT molecular complexity index is 189. The molecule has 0 N–H and O–H groups in total. The van der Waals surface area contributed by atoms with Crippen LogP contribution in [0.5, 0.6) is 0 Å². The fraction of sp³-hybridized carbons (Fsp3) is 0.700. The van der Waals surface area contributed by atoms with Gasteiger partial charge in [0, 0.05) is 5.92 Å². The minimum absolute atomic E-state index is 0.173. The normalized spacial score (nSPS) is 24.0. The molecule has 62 valence electrons. The fourth-order valence-electron chi connectivity index (χ4n) is 1.46. The number of hydrogen-bond acceptors (Lipinski definition) is 1. The van der Waals surface area contributed by atoms with E-state index in [1.165, 1.54) is 0 Å². The van der Waals surface area contributed by atoms with E-state index in [2.05, 4.69) is 13.0 Å². The summed E-state index contributed by atoms with van der Waals surface area (Å²) in [7, 11) is 0. The van der Waals surface area contributed by atoms with E-state index in [9.17, 15) is 4.79 Å². The van der Waals surface area contributed by atoms with Gasteiger partial charge in [0.25, 0.3) is 0 Å². The SMILES string of the molecule is CC1CC=C(C(=O)C(C)C)C1. The average molecular weight is 152 g/mol. The molecule has 0 aromatic heterocycles. The van der Waals surface area contributed by atoms with E-state index in [1.807, 2.05) is 13.8 Å². The molecule has 1 rings (SSSR count). The fourth-order valence-corrected chi connectivity index (χ4v) is 1.46. The Labute approximate surface area is 68.5 Å². The van der Waals surface area contributed by atoms with Gasteiger partial charge in [0.1, 0.15) is 0 Å². The lowest BCUT2D eigenvalue weighted by molar-refractivity contribution is -0.118. The molecule has 1 heteroatoms. The van der Waals surface area contributed by atoms with Crippen LogP contribution in [0.25, 0.3) is 0 Å². The van der Waals surface area contributed by atoms with Crippen LogP contribution in [0.2, 0.25) is 0 Å². The second-order valence-corrected chi connectivity index (χ2v) is 3.79. The van der Waals surface area contributed by atoms with E-state index >= 15 is 0 Å². The van der Waals surface area contributed by atoms with Crippen LogP contribution in [0.4, 0.5) is 0 Å². The highest BCUT2D eigenvalue weighted by molar-refractivity contribution is 5.97. The molecule has 0 heterocycles. The van der Waals surface area contributed by atoms with Crippen molar-refractivity contribution in [2.45, 2.75) is 33.6 Å². The number of Topliss-reactive ketones (excluding diaryl/α,β-unsaturated/α-hetero) is 1. The van der Waals surface area contributed by atoms with Gasteiger partial charge in [0.15, 0.2) is 5.78 Å². The lowest BCUT2D eigenvalue weighted by Crippen LogP contribution is -2.09. The molecule has 0 saturated heterocycles. The van der Waals surface area contributed by atoms with E-state index in [1.54, 1.807) is 0 Å². The van der Waals surface area contributed by atoms with Crippen molar-refractivity contribution in [3.8, 4) is 0 Å². The molecular formula is C10H16O. The molecule has 0 spiro atoms. The third-order valence-electron chi connectivity index (χ3n) is 2.18. The number of carbonyl (C=O) groups excluding carboxylic acids is 1. The van der Waals surface area contributed by atoms with Crippen LogP contribution in [-0.2, 0) is 4.79 Å². The zero-order chi connectivity index (χ0) is 8.43. The molecule has 0 fully saturated rings. The topological polar surface area (TPSA) is 17.1 Å². The van der Waals surface area contributed by atoms with Crippen molar-refractivity contribution >= 4 is 5.78 Å². The van der Waals surface area contributed by atoms with Crippen molar-refractivity contribution in [1.82, 2.24) is 0 Å². The highest BCUT2D eigenvalue weighted by Gasteiger charge is 2.20. The van der Waals surface area contributed by atoms with Crippen LogP contribution < -0.4 is 0 Å². The lowest BCUT2D eigenvalue weighted by Gasteiger charge is -2.05. The first kappa shape index (κ1) is 8.51. The molecule has 1 aliphatic carbocycles. The van der Waals surface area contributed by atoms with Crippen molar-refractivity contribution < 1.29 is 4.79 Å². The van der Waals surface area contributed by atoms with Gasteiger partial charge in [-0.1, -0.05) is 26.8 Å². The summed E-state index contributed by atoms with van der Waals surface area (Å²) in [5.41, 5.74) is 1.06. The summed E-state index contributed by atoms with van der Waals surface area (Å²) in [4.78, 5) is 11.4. The molecule has 0 radical (unpaired) electrons. The van der Waals surface area contributed by atoms with Gasteiger partial charge in [0.05, 0.1) is 0 Å². The molecule has 0 amide bonds. The molecule has 0 bridgehead atoms. The van der Waals surface area contributed by atoms with Gasteiger partial charge < -0.3 is 0 Å². The molecule has 1 nitrogen and oxygen atoms in total. The van der Waals surface area contributed by atoms with E-state index in [0.717, 1.165) is 18.4 Å². The van der Waals surface area contributed by atoms with Gasteiger partial charge in [0.2, 0.25) is 0 Å². The first-order valence-corrected chi connectivity index (χ1v) is 4.34. The second-order valence-electron chi connectivity index (χ2n) is 3.79. The second kappa shape index (κ2) is 3.21. The van der Waals surface area contributed by atoms with Gasteiger partial charge in [-0.2, -0.15) is 0 Å². The van der Waals surface area contributed by atoms with E-state index in [0.29, 0.717) is 11.7 Å². The first-order valence-electron chi connectivity index (χ1n) is 4.34. The number of carbonyl (C=O) groups is 1. The van der Waals surface area contributed by atoms with Crippen molar-refractivity contribution in [2.75, 3.05) is 0 Å². The zero-order valence-corrected chi connectivity index (χ0v) is 7.55. The quantitative estimate of drug-likeness (QED) is 0.594. The van der Waals surface area contributed by atoms with E-state index in [4.69, 9.17) is 0 Å². The maximum Gasteiger partial charge on any atom is 0.161 e. The lowest BCUT2D eigenvalue weighted by atomic mass is 9.99. The van der Waals surface area contributed by atoms with Crippen LogP contribution in [0.1, 0.15) is 33.6 Å². The van der Waals surface area contributed by atoms with Crippen LogP contribution in [0.3, 0.4) is 0 Å². The summed E-state index contributed by atoms with van der Waals surface area (Å²) in [6, 6.07) is 0. The van der Waals surface area contributed by atoms with Gasteiger partial charge in [-0.3, -0.25) is 4.79 Å². The highest BCUT2D eigenvalue weighted by Crippen LogP contribution is 2.26. The Morgan fingerprint density at radius 2 is 2.27 bits per heavy atom. The third-order valence-corrected chi connectivity index (χ3v) is 2.18. The minimum Gasteiger partial charge on any atom is -0.294 e. The van der Waals surface area contributed by atoms with Gasteiger partial charge in [-0.15, -0.1) is 0 Å². The summed E-state index contributed by atoms with van der Waals surface area (Å²) < 4.78 is 0. The van der Waals surface area contributed by atoms with Crippen molar-refractivity contribution in [3.05, 3.63) is 11.6 Å². The molecule has 1 unspecified atom stereocenters. The van der Waals surface area contributed by atoms with Crippen LogP contribution in [0, 0.1) is 11.8 Å². The van der Waals surface area contributed by atoms with E-state index < -0.39 is 0 Å². The molecule has 0 aromatic rings. The Kier molecular flexibility index (Phi) is 2.48. The summed E-state index contributed by atoms with van der Waals surface area (Å²) in [5.74, 6) is 1.20. The Morgan fingerprint density at radius 3 is 2.64 bits per heavy atom.